The van der Waals surface area contributed by atoms with Crippen molar-refractivity contribution in [2.45, 2.75) is 12.2 Å². The predicted molar refractivity (Wildman–Crippen MR) is 96.7 cm³/mol. The highest BCUT2D eigenvalue weighted by molar-refractivity contribution is 5.36. The van der Waals surface area contributed by atoms with Crippen LogP contribution in [0.4, 0.5) is 11.4 Å². The molecule has 2 aromatic carbocycles. The summed E-state index contributed by atoms with van der Waals surface area (Å²) in [7, 11) is 0. The molecule has 148 valence electrons. The van der Waals surface area contributed by atoms with Crippen molar-refractivity contribution in [2.24, 2.45) is 0 Å². The molecule has 2 atom stereocenters. The van der Waals surface area contributed by atoms with Crippen LogP contribution in [0, 0.1) is 20.2 Å². The van der Waals surface area contributed by atoms with Crippen LogP contribution in [0.25, 0.3) is 0 Å². The van der Waals surface area contributed by atoms with E-state index in [1.165, 1.54) is 24.3 Å². The minimum Gasteiger partial charge on any atom is -0.491 e. The van der Waals surface area contributed by atoms with Crippen LogP contribution in [-0.2, 0) is 9.47 Å². The Morgan fingerprint density at radius 2 is 1.07 bits per heavy atom. The predicted octanol–water partition coefficient (Wildman–Crippen LogP) is 2.74. The number of non-ortho nitro benzene ring substituents is 2. The highest BCUT2D eigenvalue weighted by Gasteiger charge is 2.23. The lowest BCUT2D eigenvalue weighted by Gasteiger charge is -2.02. The lowest BCUT2D eigenvalue weighted by molar-refractivity contribution is -0.385. The number of epoxide rings is 2. The fraction of sp³-hybridized carbons (Fsp3) is 0.333. The molecule has 0 saturated carbocycles. The van der Waals surface area contributed by atoms with E-state index in [2.05, 4.69) is 0 Å². The molecule has 10 heteroatoms. The molecule has 0 bridgehead atoms. The van der Waals surface area contributed by atoms with E-state index in [1.54, 1.807) is 24.3 Å². The Bertz CT molecular complexity index is 732. The number of nitro benzene ring substituents is 2. The molecule has 2 aromatic rings. The number of ether oxygens (including phenoxy) is 4. The van der Waals surface area contributed by atoms with E-state index < -0.39 is 9.85 Å². The average Bonchev–Trinajstić information content (AvgIpc) is 3.61. The van der Waals surface area contributed by atoms with Gasteiger partial charge in [-0.2, -0.15) is 0 Å². The zero-order valence-corrected chi connectivity index (χ0v) is 14.8. The first kappa shape index (κ1) is 19.5. The summed E-state index contributed by atoms with van der Waals surface area (Å²) in [4.78, 5) is 19.8. The minimum atomic E-state index is -0.437. The number of hydrogen-bond acceptors (Lipinski definition) is 8. The molecule has 2 aliphatic rings. The SMILES string of the molecule is O=[N+]([O-])c1ccc(OCC2CO2)cc1.O=[N+]([O-])c1ccc(OCC2CO2)cc1. The molecule has 0 N–H and O–H groups in total. The van der Waals surface area contributed by atoms with Gasteiger partial charge < -0.3 is 18.9 Å². The molecule has 0 aliphatic carbocycles. The van der Waals surface area contributed by atoms with Gasteiger partial charge in [-0.3, -0.25) is 20.2 Å². The second kappa shape index (κ2) is 9.11. The van der Waals surface area contributed by atoms with Gasteiger partial charge in [-0.05, 0) is 24.3 Å². The summed E-state index contributed by atoms with van der Waals surface area (Å²) in [5.74, 6) is 1.26. The highest BCUT2D eigenvalue weighted by atomic mass is 16.6. The Morgan fingerprint density at radius 1 is 0.750 bits per heavy atom. The Kier molecular flexibility index (Phi) is 6.35. The van der Waals surface area contributed by atoms with Crippen molar-refractivity contribution in [1.82, 2.24) is 0 Å². The van der Waals surface area contributed by atoms with Crippen LogP contribution >= 0.6 is 0 Å². The fourth-order valence-electron chi connectivity index (χ4n) is 2.04. The molecule has 0 spiro atoms. The van der Waals surface area contributed by atoms with Crippen molar-refractivity contribution in [1.29, 1.82) is 0 Å². The van der Waals surface area contributed by atoms with Crippen molar-refractivity contribution in [3.63, 3.8) is 0 Å². The summed E-state index contributed by atoms with van der Waals surface area (Å²) in [6, 6.07) is 12.0. The van der Waals surface area contributed by atoms with E-state index in [-0.39, 0.29) is 23.6 Å². The van der Waals surface area contributed by atoms with Gasteiger partial charge in [-0.1, -0.05) is 0 Å². The van der Waals surface area contributed by atoms with E-state index in [0.29, 0.717) is 24.7 Å². The molecule has 0 amide bonds. The van der Waals surface area contributed by atoms with Gasteiger partial charge >= 0.3 is 0 Å². The molecule has 0 aromatic heterocycles. The zero-order valence-electron chi connectivity index (χ0n) is 14.8. The van der Waals surface area contributed by atoms with Crippen LogP contribution in [0.1, 0.15) is 0 Å². The third-order valence-electron chi connectivity index (χ3n) is 3.77. The molecule has 2 unspecified atom stereocenters. The maximum Gasteiger partial charge on any atom is 0.269 e. The molecule has 2 saturated heterocycles. The summed E-state index contributed by atoms with van der Waals surface area (Å²) in [5.41, 5.74) is 0.139. The largest absolute Gasteiger partial charge is 0.491 e. The summed E-state index contributed by atoms with van der Waals surface area (Å²) in [6.45, 7) is 2.51. The Balaban J connectivity index is 0.000000161. The Labute approximate surface area is 159 Å². The van der Waals surface area contributed by atoms with E-state index in [1.807, 2.05) is 0 Å². The Hall–Kier alpha value is -3.24. The summed E-state index contributed by atoms with van der Waals surface area (Å²) in [6.07, 6.45) is 0.399. The van der Waals surface area contributed by atoms with Crippen molar-refractivity contribution in [2.75, 3.05) is 26.4 Å². The fourth-order valence-corrected chi connectivity index (χ4v) is 2.04. The zero-order chi connectivity index (χ0) is 19.9. The first-order valence-electron chi connectivity index (χ1n) is 8.49. The maximum atomic E-state index is 10.3. The van der Waals surface area contributed by atoms with E-state index in [4.69, 9.17) is 18.9 Å². The molecular formula is C18H18N2O8. The van der Waals surface area contributed by atoms with Crippen LogP contribution in [0.5, 0.6) is 11.5 Å². The normalized spacial score (nSPS) is 19.0. The van der Waals surface area contributed by atoms with Gasteiger partial charge in [0.15, 0.2) is 0 Å². The minimum absolute atomic E-state index is 0.0695. The van der Waals surface area contributed by atoms with Crippen LogP contribution in [-0.4, -0.2) is 48.5 Å². The van der Waals surface area contributed by atoms with Gasteiger partial charge in [-0.15, -0.1) is 0 Å². The van der Waals surface area contributed by atoms with Crippen molar-refractivity contribution in [3.05, 3.63) is 68.8 Å². The van der Waals surface area contributed by atoms with Gasteiger partial charge in [-0.25, -0.2) is 0 Å². The van der Waals surface area contributed by atoms with Gasteiger partial charge in [0, 0.05) is 24.3 Å². The van der Waals surface area contributed by atoms with Crippen molar-refractivity contribution < 1.29 is 28.8 Å². The number of rotatable bonds is 8. The van der Waals surface area contributed by atoms with Gasteiger partial charge in [0.2, 0.25) is 0 Å². The smallest absolute Gasteiger partial charge is 0.269 e. The van der Waals surface area contributed by atoms with Gasteiger partial charge in [0.05, 0.1) is 23.1 Å². The van der Waals surface area contributed by atoms with Crippen molar-refractivity contribution >= 4 is 11.4 Å². The topological polar surface area (TPSA) is 130 Å². The van der Waals surface area contributed by atoms with Crippen LogP contribution < -0.4 is 9.47 Å². The second-order valence-electron chi connectivity index (χ2n) is 6.03. The Morgan fingerprint density at radius 3 is 1.32 bits per heavy atom. The van der Waals surface area contributed by atoms with Crippen molar-refractivity contribution in [3.8, 4) is 11.5 Å². The summed E-state index contributed by atoms with van der Waals surface area (Å²) >= 11 is 0. The van der Waals surface area contributed by atoms with E-state index >= 15 is 0 Å². The number of nitro groups is 2. The lowest BCUT2D eigenvalue weighted by Crippen LogP contribution is -2.03. The third-order valence-corrected chi connectivity index (χ3v) is 3.77. The number of benzene rings is 2. The summed E-state index contributed by atoms with van der Waals surface area (Å²) < 4.78 is 20.6. The first-order valence-corrected chi connectivity index (χ1v) is 8.49. The maximum absolute atomic E-state index is 10.3. The standard InChI is InChI=1S/2C9H9NO4/c2*11-10(12)7-1-3-8(4-2-7)13-5-9-6-14-9/h2*1-4,9H,5-6H2. The van der Waals surface area contributed by atoms with Crippen LogP contribution in [0.15, 0.2) is 48.5 Å². The second-order valence-corrected chi connectivity index (χ2v) is 6.03. The molecule has 0 radical (unpaired) electrons. The lowest BCUT2D eigenvalue weighted by atomic mass is 10.3. The summed E-state index contributed by atoms with van der Waals surface area (Å²) in [5, 5.41) is 20.7. The van der Waals surface area contributed by atoms with Crippen LogP contribution in [0.3, 0.4) is 0 Å². The molecule has 10 nitrogen and oxygen atoms in total. The molecular weight excluding hydrogens is 372 g/mol. The van der Waals surface area contributed by atoms with E-state index in [9.17, 15) is 20.2 Å². The van der Waals surface area contributed by atoms with Gasteiger partial charge in [0.25, 0.3) is 11.4 Å². The molecule has 28 heavy (non-hydrogen) atoms. The van der Waals surface area contributed by atoms with E-state index in [0.717, 1.165) is 13.2 Å². The highest BCUT2D eigenvalue weighted by Crippen LogP contribution is 2.20. The van der Waals surface area contributed by atoms with Crippen LogP contribution in [0.2, 0.25) is 0 Å². The quantitative estimate of drug-likeness (QED) is 0.382. The molecule has 2 heterocycles. The average molecular weight is 390 g/mol. The monoisotopic (exact) mass is 390 g/mol. The van der Waals surface area contributed by atoms with Gasteiger partial charge in [0.1, 0.15) is 36.9 Å². The molecule has 4 rings (SSSR count). The number of hydrogen-bond donors (Lipinski definition) is 0. The molecule has 2 aliphatic heterocycles. The molecule has 2 fully saturated rings. The number of nitrogens with zero attached hydrogens (tertiary/aromatic N) is 2. The third kappa shape index (κ3) is 6.49. The first-order chi connectivity index (χ1) is 13.5.